The van der Waals surface area contributed by atoms with E-state index in [0.29, 0.717) is 0 Å². The Hall–Kier alpha value is -1.55. The normalized spacial score (nSPS) is 12.9. The van der Waals surface area contributed by atoms with Gasteiger partial charge in [-0.15, -0.1) is 0 Å². The van der Waals surface area contributed by atoms with E-state index in [4.69, 9.17) is 4.42 Å². The van der Waals surface area contributed by atoms with Crippen LogP contribution in [-0.2, 0) is 7.05 Å². The van der Waals surface area contributed by atoms with E-state index in [0.717, 1.165) is 18.0 Å². The summed E-state index contributed by atoms with van der Waals surface area (Å²) in [5.74, 6) is 0.929. The molecule has 2 heterocycles. The van der Waals surface area contributed by atoms with Gasteiger partial charge in [-0.2, -0.15) is 5.10 Å². The van der Waals surface area contributed by atoms with Crippen LogP contribution in [-0.4, -0.2) is 16.3 Å². The molecule has 2 rings (SSSR count). The van der Waals surface area contributed by atoms with Gasteiger partial charge in [-0.1, -0.05) is 6.92 Å². The van der Waals surface area contributed by atoms with Gasteiger partial charge in [0.25, 0.3) is 0 Å². The second-order valence-electron chi connectivity index (χ2n) is 3.82. The van der Waals surface area contributed by atoms with Crippen LogP contribution in [0.4, 0.5) is 0 Å². The van der Waals surface area contributed by atoms with Crippen molar-refractivity contribution < 1.29 is 4.42 Å². The Bertz CT molecular complexity index is 445. The lowest BCUT2D eigenvalue weighted by molar-refractivity contribution is 0.451. The standard InChI is InChI=1S/C12H17N3O/c1-4-13-12(11-6-5-7-16-11)10-8-14-15(3)9(10)2/h5-8,12-13H,4H2,1-3H3. The minimum atomic E-state index is 0.0914. The van der Waals surface area contributed by atoms with Gasteiger partial charge in [-0.25, -0.2) is 0 Å². The van der Waals surface area contributed by atoms with Crippen LogP contribution in [0.2, 0.25) is 0 Å². The number of nitrogens with one attached hydrogen (secondary N) is 1. The maximum atomic E-state index is 5.47. The second-order valence-corrected chi connectivity index (χ2v) is 3.82. The second kappa shape index (κ2) is 4.53. The summed E-state index contributed by atoms with van der Waals surface area (Å²) < 4.78 is 7.34. The average molecular weight is 219 g/mol. The molecule has 0 aliphatic carbocycles. The van der Waals surface area contributed by atoms with Gasteiger partial charge in [0.2, 0.25) is 0 Å². The van der Waals surface area contributed by atoms with E-state index in [9.17, 15) is 0 Å². The molecule has 1 atom stereocenters. The van der Waals surface area contributed by atoms with Crippen molar-refractivity contribution >= 4 is 0 Å². The molecule has 4 heteroatoms. The van der Waals surface area contributed by atoms with Crippen molar-refractivity contribution in [1.29, 1.82) is 0 Å². The molecular weight excluding hydrogens is 202 g/mol. The zero-order chi connectivity index (χ0) is 11.5. The number of rotatable bonds is 4. The van der Waals surface area contributed by atoms with Gasteiger partial charge in [0.15, 0.2) is 0 Å². The lowest BCUT2D eigenvalue weighted by Gasteiger charge is -2.15. The molecule has 0 amide bonds. The first-order valence-electron chi connectivity index (χ1n) is 5.49. The summed E-state index contributed by atoms with van der Waals surface area (Å²) in [4.78, 5) is 0. The largest absolute Gasteiger partial charge is 0.467 e. The number of hydrogen-bond donors (Lipinski definition) is 1. The first-order valence-corrected chi connectivity index (χ1v) is 5.49. The molecule has 0 aliphatic rings. The molecule has 0 saturated heterocycles. The molecule has 2 aromatic heterocycles. The van der Waals surface area contributed by atoms with Crippen LogP contribution in [0.3, 0.4) is 0 Å². The molecule has 1 unspecified atom stereocenters. The highest BCUT2D eigenvalue weighted by Crippen LogP contribution is 2.24. The van der Waals surface area contributed by atoms with Crippen molar-refractivity contribution in [1.82, 2.24) is 15.1 Å². The fourth-order valence-electron chi connectivity index (χ4n) is 1.82. The van der Waals surface area contributed by atoms with Gasteiger partial charge in [0.05, 0.1) is 18.5 Å². The summed E-state index contributed by atoms with van der Waals surface area (Å²) >= 11 is 0. The third kappa shape index (κ3) is 1.88. The number of aryl methyl sites for hydroxylation is 1. The Balaban J connectivity index is 2.37. The van der Waals surface area contributed by atoms with Crippen LogP contribution in [0, 0.1) is 6.92 Å². The smallest absolute Gasteiger partial charge is 0.125 e. The van der Waals surface area contributed by atoms with Crippen molar-refractivity contribution in [3.05, 3.63) is 41.6 Å². The van der Waals surface area contributed by atoms with Crippen molar-refractivity contribution in [2.24, 2.45) is 7.05 Å². The molecule has 1 N–H and O–H groups in total. The molecule has 0 aromatic carbocycles. The highest BCUT2D eigenvalue weighted by molar-refractivity contribution is 5.27. The molecular formula is C12H17N3O. The first-order chi connectivity index (χ1) is 7.74. The molecule has 0 saturated carbocycles. The maximum absolute atomic E-state index is 5.47. The van der Waals surface area contributed by atoms with Crippen LogP contribution in [0.1, 0.15) is 30.0 Å². The topological polar surface area (TPSA) is 43.0 Å². The van der Waals surface area contributed by atoms with Gasteiger partial charge < -0.3 is 9.73 Å². The summed E-state index contributed by atoms with van der Waals surface area (Å²) in [5.41, 5.74) is 2.32. The summed E-state index contributed by atoms with van der Waals surface area (Å²) in [7, 11) is 1.95. The van der Waals surface area contributed by atoms with E-state index in [2.05, 4.69) is 24.3 Å². The zero-order valence-corrected chi connectivity index (χ0v) is 9.90. The van der Waals surface area contributed by atoms with Gasteiger partial charge in [0.1, 0.15) is 5.76 Å². The Morgan fingerprint density at radius 3 is 2.88 bits per heavy atom. The fraction of sp³-hybridized carbons (Fsp3) is 0.417. The number of nitrogens with zero attached hydrogens (tertiary/aromatic N) is 2. The molecule has 2 aromatic rings. The van der Waals surface area contributed by atoms with E-state index >= 15 is 0 Å². The Labute approximate surface area is 95.3 Å². The molecule has 4 nitrogen and oxygen atoms in total. The van der Waals surface area contributed by atoms with Crippen molar-refractivity contribution in [2.75, 3.05) is 6.54 Å². The number of furan rings is 1. The molecule has 0 spiro atoms. The monoisotopic (exact) mass is 219 g/mol. The molecule has 0 radical (unpaired) electrons. The predicted molar refractivity (Wildman–Crippen MR) is 62.2 cm³/mol. The van der Waals surface area contributed by atoms with Crippen molar-refractivity contribution in [2.45, 2.75) is 19.9 Å². The Kier molecular flexibility index (Phi) is 3.10. The zero-order valence-electron chi connectivity index (χ0n) is 9.90. The van der Waals surface area contributed by atoms with Crippen LogP contribution in [0.25, 0.3) is 0 Å². The Morgan fingerprint density at radius 2 is 2.38 bits per heavy atom. The van der Waals surface area contributed by atoms with Gasteiger partial charge in [0, 0.05) is 18.3 Å². The van der Waals surface area contributed by atoms with Crippen LogP contribution < -0.4 is 5.32 Å². The van der Waals surface area contributed by atoms with E-state index in [1.54, 1.807) is 6.26 Å². The maximum Gasteiger partial charge on any atom is 0.125 e. The van der Waals surface area contributed by atoms with E-state index in [1.165, 1.54) is 5.56 Å². The van der Waals surface area contributed by atoms with E-state index in [1.807, 2.05) is 30.1 Å². The quantitative estimate of drug-likeness (QED) is 0.855. The van der Waals surface area contributed by atoms with Gasteiger partial charge >= 0.3 is 0 Å². The number of aromatic nitrogens is 2. The van der Waals surface area contributed by atoms with Crippen LogP contribution in [0.15, 0.2) is 29.0 Å². The third-order valence-corrected chi connectivity index (χ3v) is 2.82. The molecule has 86 valence electrons. The van der Waals surface area contributed by atoms with Crippen LogP contribution >= 0.6 is 0 Å². The summed E-state index contributed by atoms with van der Waals surface area (Å²) in [5, 5.41) is 7.67. The summed E-state index contributed by atoms with van der Waals surface area (Å²) in [6.45, 7) is 5.04. The highest BCUT2D eigenvalue weighted by Gasteiger charge is 2.19. The van der Waals surface area contributed by atoms with Crippen molar-refractivity contribution in [3.8, 4) is 0 Å². The molecule has 0 aliphatic heterocycles. The molecule has 16 heavy (non-hydrogen) atoms. The summed E-state index contributed by atoms with van der Waals surface area (Å²) in [6.07, 6.45) is 3.59. The lowest BCUT2D eigenvalue weighted by Crippen LogP contribution is -2.22. The van der Waals surface area contributed by atoms with Gasteiger partial charge in [-0.3, -0.25) is 4.68 Å². The first kappa shape index (κ1) is 11.0. The molecule has 0 fully saturated rings. The Morgan fingerprint density at radius 1 is 1.56 bits per heavy atom. The van der Waals surface area contributed by atoms with Crippen molar-refractivity contribution in [3.63, 3.8) is 0 Å². The average Bonchev–Trinajstić information content (AvgIpc) is 2.89. The minimum absolute atomic E-state index is 0.0914. The highest BCUT2D eigenvalue weighted by atomic mass is 16.3. The van der Waals surface area contributed by atoms with Gasteiger partial charge in [-0.05, 0) is 25.6 Å². The lowest BCUT2D eigenvalue weighted by atomic mass is 10.1. The van der Waals surface area contributed by atoms with Crippen LogP contribution in [0.5, 0.6) is 0 Å². The predicted octanol–water partition coefficient (Wildman–Crippen LogP) is 2.02. The minimum Gasteiger partial charge on any atom is -0.467 e. The van der Waals surface area contributed by atoms with E-state index < -0.39 is 0 Å². The third-order valence-electron chi connectivity index (χ3n) is 2.82. The summed E-state index contributed by atoms with van der Waals surface area (Å²) in [6, 6.07) is 3.99. The SMILES string of the molecule is CCNC(c1ccco1)c1cnn(C)c1C. The molecule has 0 bridgehead atoms. The van der Waals surface area contributed by atoms with E-state index in [-0.39, 0.29) is 6.04 Å². The number of hydrogen-bond acceptors (Lipinski definition) is 3. The fourth-order valence-corrected chi connectivity index (χ4v) is 1.82.